The van der Waals surface area contributed by atoms with Crippen LogP contribution in [0.3, 0.4) is 0 Å². The highest BCUT2D eigenvalue weighted by Gasteiger charge is 2.22. The van der Waals surface area contributed by atoms with Crippen molar-refractivity contribution in [2.24, 2.45) is 5.73 Å². The lowest BCUT2D eigenvalue weighted by molar-refractivity contribution is -0.136. The van der Waals surface area contributed by atoms with Crippen molar-refractivity contribution in [2.75, 3.05) is 26.3 Å². The van der Waals surface area contributed by atoms with Gasteiger partial charge in [-0.05, 0) is 18.4 Å². The Morgan fingerprint density at radius 1 is 1.28 bits per heavy atom. The van der Waals surface area contributed by atoms with Crippen LogP contribution in [-0.4, -0.2) is 43.2 Å². The Bertz CT molecular complexity index is 375. The van der Waals surface area contributed by atoms with Crippen LogP contribution >= 0.6 is 0 Å². The van der Waals surface area contributed by atoms with Crippen molar-refractivity contribution in [3.8, 4) is 0 Å². The fourth-order valence-corrected chi connectivity index (χ4v) is 2.11. The zero-order valence-corrected chi connectivity index (χ0v) is 10.5. The van der Waals surface area contributed by atoms with Crippen LogP contribution in [0.4, 0.5) is 0 Å². The predicted octanol–water partition coefficient (Wildman–Crippen LogP) is 0.805. The molecular formula is C14H20N2O2. The molecule has 4 nitrogen and oxygen atoms in total. The van der Waals surface area contributed by atoms with E-state index in [9.17, 15) is 4.79 Å². The SMILES string of the molecule is NC(CCc1ccccc1)C(=O)N1CCOCC1. The second kappa shape index (κ2) is 6.52. The Balaban J connectivity index is 1.80. The maximum absolute atomic E-state index is 12.1. The van der Waals surface area contributed by atoms with E-state index in [4.69, 9.17) is 10.5 Å². The van der Waals surface area contributed by atoms with E-state index in [1.54, 1.807) is 4.90 Å². The van der Waals surface area contributed by atoms with Gasteiger partial charge in [-0.25, -0.2) is 0 Å². The number of carbonyl (C=O) groups is 1. The Morgan fingerprint density at radius 2 is 1.94 bits per heavy atom. The topological polar surface area (TPSA) is 55.6 Å². The van der Waals surface area contributed by atoms with Gasteiger partial charge in [0.15, 0.2) is 0 Å². The standard InChI is InChI=1S/C14H20N2O2/c15-13(7-6-12-4-2-1-3-5-12)14(17)16-8-10-18-11-9-16/h1-5,13H,6-11,15H2. The van der Waals surface area contributed by atoms with Gasteiger partial charge in [0, 0.05) is 13.1 Å². The molecule has 0 saturated carbocycles. The van der Waals surface area contributed by atoms with Gasteiger partial charge in [0.1, 0.15) is 0 Å². The molecule has 1 amide bonds. The quantitative estimate of drug-likeness (QED) is 0.857. The molecule has 1 aromatic carbocycles. The third kappa shape index (κ3) is 3.55. The molecule has 0 aliphatic carbocycles. The number of hydrogen-bond acceptors (Lipinski definition) is 3. The van der Waals surface area contributed by atoms with E-state index in [2.05, 4.69) is 12.1 Å². The van der Waals surface area contributed by atoms with Crippen molar-refractivity contribution >= 4 is 5.91 Å². The lowest BCUT2D eigenvalue weighted by Gasteiger charge is -2.29. The van der Waals surface area contributed by atoms with Gasteiger partial charge < -0.3 is 15.4 Å². The molecule has 4 heteroatoms. The molecule has 2 rings (SSSR count). The first kappa shape index (κ1) is 13.1. The average molecular weight is 248 g/mol. The summed E-state index contributed by atoms with van der Waals surface area (Å²) in [6.45, 7) is 2.57. The summed E-state index contributed by atoms with van der Waals surface area (Å²) in [5.41, 5.74) is 7.19. The van der Waals surface area contributed by atoms with Crippen molar-refractivity contribution in [1.82, 2.24) is 4.90 Å². The number of ether oxygens (including phenoxy) is 1. The molecule has 2 N–H and O–H groups in total. The summed E-state index contributed by atoms with van der Waals surface area (Å²) in [6.07, 6.45) is 1.54. The number of morpholine rings is 1. The Hall–Kier alpha value is -1.39. The highest BCUT2D eigenvalue weighted by molar-refractivity contribution is 5.81. The highest BCUT2D eigenvalue weighted by atomic mass is 16.5. The molecule has 1 aliphatic heterocycles. The first-order chi connectivity index (χ1) is 8.77. The summed E-state index contributed by atoms with van der Waals surface area (Å²) < 4.78 is 5.22. The summed E-state index contributed by atoms with van der Waals surface area (Å²) in [5, 5.41) is 0. The fraction of sp³-hybridized carbons (Fsp3) is 0.500. The van der Waals surface area contributed by atoms with E-state index in [-0.39, 0.29) is 5.91 Å². The summed E-state index contributed by atoms with van der Waals surface area (Å²) in [5.74, 6) is 0.0502. The van der Waals surface area contributed by atoms with E-state index in [0.29, 0.717) is 32.7 Å². The van der Waals surface area contributed by atoms with E-state index < -0.39 is 6.04 Å². The zero-order valence-electron chi connectivity index (χ0n) is 10.5. The fourth-order valence-electron chi connectivity index (χ4n) is 2.11. The number of hydrogen-bond donors (Lipinski definition) is 1. The first-order valence-corrected chi connectivity index (χ1v) is 6.43. The Morgan fingerprint density at radius 3 is 2.61 bits per heavy atom. The van der Waals surface area contributed by atoms with Crippen molar-refractivity contribution in [3.63, 3.8) is 0 Å². The van der Waals surface area contributed by atoms with Gasteiger partial charge in [-0.15, -0.1) is 0 Å². The smallest absolute Gasteiger partial charge is 0.239 e. The molecule has 1 aromatic rings. The van der Waals surface area contributed by atoms with Crippen molar-refractivity contribution < 1.29 is 9.53 Å². The summed E-state index contributed by atoms with van der Waals surface area (Å²) in [4.78, 5) is 13.9. The summed E-state index contributed by atoms with van der Waals surface area (Å²) in [7, 11) is 0. The zero-order chi connectivity index (χ0) is 12.8. The lowest BCUT2D eigenvalue weighted by Crippen LogP contribution is -2.48. The molecule has 1 fully saturated rings. The number of benzene rings is 1. The number of nitrogens with two attached hydrogens (primary N) is 1. The van der Waals surface area contributed by atoms with Crippen LogP contribution in [0.15, 0.2) is 30.3 Å². The molecule has 0 radical (unpaired) electrons. The molecule has 1 aliphatic rings. The minimum absolute atomic E-state index is 0.0502. The number of carbonyl (C=O) groups excluding carboxylic acids is 1. The van der Waals surface area contributed by atoms with Crippen molar-refractivity contribution in [2.45, 2.75) is 18.9 Å². The molecule has 0 bridgehead atoms. The number of nitrogens with zero attached hydrogens (tertiary/aromatic N) is 1. The minimum Gasteiger partial charge on any atom is -0.378 e. The van der Waals surface area contributed by atoms with Crippen LogP contribution in [0.1, 0.15) is 12.0 Å². The van der Waals surface area contributed by atoms with Gasteiger partial charge in [0.05, 0.1) is 19.3 Å². The van der Waals surface area contributed by atoms with Gasteiger partial charge in [0.25, 0.3) is 0 Å². The normalized spacial score (nSPS) is 17.5. The van der Waals surface area contributed by atoms with Crippen LogP contribution in [0, 0.1) is 0 Å². The molecule has 1 saturated heterocycles. The van der Waals surface area contributed by atoms with Crippen LogP contribution < -0.4 is 5.73 Å². The minimum atomic E-state index is -0.400. The van der Waals surface area contributed by atoms with Crippen molar-refractivity contribution in [3.05, 3.63) is 35.9 Å². The molecule has 1 unspecified atom stereocenters. The molecule has 18 heavy (non-hydrogen) atoms. The van der Waals surface area contributed by atoms with Gasteiger partial charge in [-0.3, -0.25) is 4.79 Å². The third-order valence-electron chi connectivity index (χ3n) is 3.23. The lowest BCUT2D eigenvalue weighted by atomic mass is 10.0. The molecule has 0 spiro atoms. The average Bonchev–Trinajstić information content (AvgIpc) is 2.46. The van der Waals surface area contributed by atoms with E-state index >= 15 is 0 Å². The molecule has 1 heterocycles. The van der Waals surface area contributed by atoms with Crippen LogP contribution in [-0.2, 0) is 16.0 Å². The molecule has 98 valence electrons. The molecular weight excluding hydrogens is 228 g/mol. The monoisotopic (exact) mass is 248 g/mol. The largest absolute Gasteiger partial charge is 0.378 e. The highest BCUT2D eigenvalue weighted by Crippen LogP contribution is 2.07. The van der Waals surface area contributed by atoms with E-state index in [0.717, 1.165) is 6.42 Å². The van der Waals surface area contributed by atoms with E-state index in [1.807, 2.05) is 18.2 Å². The second-order valence-corrected chi connectivity index (χ2v) is 4.57. The Labute approximate surface area is 108 Å². The first-order valence-electron chi connectivity index (χ1n) is 6.43. The van der Waals surface area contributed by atoms with E-state index in [1.165, 1.54) is 5.56 Å². The van der Waals surface area contributed by atoms with Gasteiger partial charge in [-0.1, -0.05) is 30.3 Å². The van der Waals surface area contributed by atoms with Gasteiger partial charge >= 0.3 is 0 Å². The van der Waals surface area contributed by atoms with Crippen molar-refractivity contribution in [1.29, 1.82) is 0 Å². The predicted molar refractivity (Wildman–Crippen MR) is 70.1 cm³/mol. The van der Waals surface area contributed by atoms with Crippen LogP contribution in [0.2, 0.25) is 0 Å². The maximum Gasteiger partial charge on any atom is 0.239 e. The van der Waals surface area contributed by atoms with Gasteiger partial charge in [0.2, 0.25) is 5.91 Å². The Kier molecular flexibility index (Phi) is 4.73. The second-order valence-electron chi connectivity index (χ2n) is 4.57. The van der Waals surface area contributed by atoms with Crippen LogP contribution in [0.5, 0.6) is 0 Å². The molecule has 0 aromatic heterocycles. The van der Waals surface area contributed by atoms with Gasteiger partial charge in [-0.2, -0.15) is 0 Å². The number of rotatable bonds is 4. The maximum atomic E-state index is 12.1. The summed E-state index contributed by atoms with van der Waals surface area (Å²) in [6, 6.07) is 9.72. The number of aryl methyl sites for hydroxylation is 1. The third-order valence-corrected chi connectivity index (χ3v) is 3.23. The molecule has 1 atom stereocenters. The van der Waals surface area contributed by atoms with Crippen LogP contribution in [0.25, 0.3) is 0 Å². The number of amides is 1. The summed E-state index contributed by atoms with van der Waals surface area (Å²) >= 11 is 0.